The number of hydrogen-bond acceptors (Lipinski definition) is 5. The zero-order valence-electron chi connectivity index (χ0n) is 14.7. The Balaban J connectivity index is 1.78. The summed E-state index contributed by atoms with van der Waals surface area (Å²) in [6.45, 7) is 4.05. The van der Waals surface area contributed by atoms with E-state index in [1.54, 1.807) is 0 Å². The van der Waals surface area contributed by atoms with Gasteiger partial charge >= 0.3 is 0 Å². The van der Waals surface area contributed by atoms with Crippen LogP contribution in [0.4, 0.5) is 0 Å². The monoisotopic (exact) mass is 347 g/mol. The van der Waals surface area contributed by atoms with E-state index >= 15 is 0 Å². The number of carbonyl (C=O) groups excluding carboxylic acids is 1. The van der Waals surface area contributed by atoms with Crippen LogP contribution in [-0.2, 0) is 9.53 Å². The molecule has 0 radical (unpaired) electrons. The van der Waals surface area contributed by atoms with Gasteiger partial charge in [-0.3, -0.25) is 4.79 Å². The Morgan fingerprint density at radius 2 is 1.92 bits per heavy atom. The third-order valence-corrected chi connectivity index (χ3v) is 5.17. The van der Waals surface area contributed by atoms with E-state index in [0.29, 0.717) is 26.1 Å². The summed E-state index contributed by atoms with van der Waals surface area (Å²) in [5.41, 5.74) is 6.71. The van der Waals surface area contributed by atoms with Gasteiger partial charge in [-0.2, -0.15) is 0 Å². The van der Waals surface area contributed by atoms with Crippen molar-refractivity contribution in [3.63, 3.8) is 0 Å². The Morgan fingerprint density at radius 3 is 2.60 bits per heavy atom. The van der Waals surface area contributed by atoms with Gasteiger partial charge in [-0.05, 0) is 18.4 Å². The SMILES string of the molecule is NCCC(=O)N1CCO[C@@H](CN2CCC(O)CC2)[C@@H]1c1ccccc1. The molecule has 1 aromatic carbocycles. The number of rotatable bonds is 5. The second-order valence-electron chi connectivity index (χ2n) is 6.92. The normalized spacial score (nSPS) is 25.9. The van der Waals surface area contributed by atoms with E-state index in [1.165, 1.54) is 0 Å². The zero-order valence-corrected chi connectivity index (χ0v) is 14.7. The molecule has 2 aliphatic rings. The molecule has 1 aromatic rings. The first-order chi connectivity index (χ1) is 12.2. The number of ether oxygens (including phenoxy) is 1. The minimum Gasteiger partial charge on any atom is -0.393 e. The average Bonchev–Trinajstić information content (AvgIpc) is 2.64. The van der Waals surface area contributed by atoms with Gasteiger partial charge in [0.2, 0.25) is 5.91 Å². The maximum atomic E-state index is 12.6. The summed E-state index contributed by atoms with van der Waals surface area (Å²) in [7, 11) is 0. The number of benzene rings is 1. The number of carbonyl (C=O) groups is 1. The van der Waals surface area contributed by atoms with Crippen LogP contribution in [0.5, 0.6) is 0 Å². The molecule has 2 fully saturated rings. The van der Waals surface area contributed by atoms with E-state index in [1.807, 2.05) is 23.1 Å². The van der Waals surface area contributed by atoms with Gasteiger partial charge in [-0.1, -0.05) is 30.3 Å². The van der Waals surface area contributed by atoms with Crippen molar-refractivity contribution in [2.75, 3.05) is 39.3 Å². The second-order valence-corrected chi connectivity index (χ2v) is 6.92. The molecule has 138 valence electrons. The van der Waals surface area contributed by atoms with Crippen LogP contribution in [0.3, 0.4) is 0 Å². The van der Waals surface area contributed by atoms with Crippen molar-refractivity contribution in [1.29, 1.82) is 0 Å². The van der Waals surface area contributed by atoms with Crippen LogP contribution in [0.15, 0.2) is 30.3 Å². The van der Waals surface area contributed by atoms with Crippen LogP contribution in [0, 0.1) is 0 Å². The highest BCUT2D eigenvalue weighted by molar-refractivity contribution is 5.77. The molecule has 2 atom stereocenters. The summed E-state index contributed by atoms with van der Waals surface area (Å²) in [5.74, 6) is 0.0960. The fourth-order valence-corrected chi connectivity index (χ4v) is 3.83. The van der Waals surface area contributed by atoms with E-state index in [-0.39, 0.29) is 24.2 Å². The molecule has 0 spiro atoms. The second kappa shape index (κ2) is 8.76. The molecule has 1 amide bonds. The van der Waals surface area contributed by atoms with Crippen LogP contribution >= 0.6 is 0 Å². The Kier molecular flexibility index (Phi) is 6.42. The lowest BCUT2D eigenvalue weighted by Gasteiger charge is -2.44. The van der Waals surface area contributed by atoms with Gasteiger partial charge in [0.1, 0.15) is 0 Å². The van der Waals surface area contributed by atoms with Crippen LogP contribution in [0.1, 0.15) is 30.9 Å². The van der Waals surface area contributed by atoms with Crippen molar-refractivity contribution < 1.29 is 14.6 Å². The number of piperidine rings is 1. The van der Waals surface area contributed by atoms with Gasteiger partial charge in [0, 0.05) is 39.1 Å². The lowest BCUT2D eigenvalue weighted by atomic mass is 9.96. The van der Waals surface area contributed by atoms with Crippen LogP contribution < -0.4 is 5.73 Å². The quantitative estimate of drug-likeness (QED) is 0.822. The minimum absolute atomic E-state index is 0.0619. The first-order valence-corrected chi connectivity index (χ1v) is 9.25. The smallest absolute Gasteiger partial charge is 0.224 e. The fraction of sp³-hybridized carbons (Fsp3) is 0.632. The van der Waals surface area contributed by atoms with Crippen molar-refractivity contribution in [3.8, 4) is 0 Å². The molecule has 3 rings (SSSR count). The lowest BCUT2D eigenvalue weighted by molar-refractivity contribution is -0.148. The molecule has 0 saturated carbocycles. The van der Waals surface area contributed by atoms with Crippen LogP contribution in [0.2, 0.25) is 0 Å². The Bertz CT molecular complexity index is 546. The fourth-order valence-electron chi connectivity index (χ4n) is 3.83. The van der Waals surface area contributed by atoms with Crippen molar-refractivity contribution in [3.05, 3.63) is 35.9 Å². The van der Waals surface area contributed by atoms with Crippen LogP contribution in [0.25, 0.3) is 0 Å². The number of likely N-dealkylation sites (tertiary alicyclic amines) is 1. The molecule has 0 bridgehead atoms. The molecule has 0 aromatic heterocycles. The molecule has 3 N–H and O–H groups in total. The van der Waals surface area contributed by atoms with Crippen molar-refractivity contribution in [1.82, 2.24) is 9.80 Å². The van der Waals surface area contributed by atoms with Gasteiger partial charge in [0.05, 0.1) is 24.9 Å². The third-order valence-electron chi connectivity index (χ3n) is 5.17. The number of nitrogens with two attached hydrogens (primary N) is 1. The summed E-state index contributed by atoms with van der Waals surface area (Å²) in [5, 5.41) is 9.71. The number of morpholine rings is 1. The van der Waals surface area contributed by atoms with Crippen molar-refractivity contribution >= 4 is 5.91 Å². The van der Waals surface area contributed by atoms with Crippen LogP contribution in [-0.4, -0.2) is 72.4 Å². The molecule has 6 nitrogen and oxygen atoms in total. The van der Waals surface area contributed by atoms with E-state index in [4.69, 9.17) is 10.5 Å². The topological polar surface area (TPSA) is 79.0 Å². The Morgan fingerprint density at radius 1 is 1.20 bits per heavy atom. The predicted octanol–water partition coefficient (Wildman–Crippen LogP) is 0.761. The maximum Gasteiger partial charge on any atom is 0.224 e. The van der Waals surface area contributed by atoms with Gasteiger partial charge < -0.3 is 25.4 Å². The summed E-state index contributed by atoms with van der Waals surface area (Å²) >= 11 is 0. The van der Waals surface area contributed by atoms with Crippen molar-refractivity contribution in [2.45, 2.75) is 37.5 Å². The van der Waals surface area contributed by atoms with Crippen molar-refractivity contribution in [2.24, 2.45) is 5.73 Å². The molecule has 6 heteroatoms. The zero-order chi connectivity index (χ0) is 17.6. The predicted molar refractivity (Wildman–Crippen MR) is 96.0 cm³/mol. The summed E-state index contributed by atoms with van der Waals surface area (Å²) in [4.78, 5) is 16.9. The third kappa shape index (κ3) is 4.58. The molecule has 2 aliphatic heterocycles. The summed E-state index contributed by atoms with van der Waals surface area (Å²) in [6.07, 6.45) is 1.73. The number of amides is 1. The number of nitrogens with zero attached hydrogens (tertiary/aromatic N) is 2. The highest BCUT2D eigenvalue weighted by Crippen LogP contribution is 2.31. The molecule has 0 unspecified atom stereocenters. The first-order valence-electron chi connectivity index (χ1n) is 9.25. The van der Waals surface area contributed by atoms with Gasteiger partial charge in [0.15, 0.2) is 0 Å². The van der Waals surface area contributed by atoms with Gasteiger partial charge in [0.25, 0.3) is 0 Å². The average molecular weight is 347 g/mol. The van der Waals surface area contributed by atoms with E-state index in [2.05, 4.69) is 17.0 Å². The molecular weight excluding hydrogens is 318 g/mol. The summed E-state index contributed by atoms with van der Waals surface area (Å²) < 4.78 is 6.10. The number of aliphatic hydroxyl groups is 1. The molecule has 0 aliphatic carbocycles. The lowest BCUT2D eigenvalue weighted by Crippen LogP contribution is -2.53. The van der Waals surface area contributed by atoms with E-state index < -0.39 is 0 Å². The van der Waals surface area contributed by atoms with Gasteiger partial charge in [-0.15, -0.1) is 0 Å². The highest BCUT2D eigenvalue weighted by Gasteiger charge is 2.37. The largest absolute Gasteiger partial charge is 0.393 e. The maximum absolute atomic E-state index is 12.6. The standard InChI is InChI=1S/C19H29N3O3/c20-9-6-18(24)22-12-13-25-17(14-21-10-7-16(23)8-11-21)19(22)15-4-2-1-3-5-15/h1-5,16-17,19,23H,6-14,20H2/t17-,19-/m0/s1. The minimum atomic E-state index is -0.184. The molecule has 2 heterocycles. The van der Waals surface area contributed by atoms with E-state index in [9.17, 15) is 9.90 Å². The highest BCUT2D eigenvalue weighted by atomic mass is 16.5. The molecule has 25 heavy (non-hydrogen) atoms. The first kappa shape index (κ1) is 18.3. The summed E-state index contributed by atoms with van der Waals surface area (Å²) in [6, 6.07) is 10.0. The molecular formula is C19H29N3O3. The van der Waals surface area contributed by atoms with Gasteiger partial charge in [-0.25, -0.2) is 0 Å². The number of hydrogen-bond donors (Lipinski definition) is 2. The Hall–Kier alpha value is -1.47. The van der Waals surface area contributed by atoms with E-state index in [0.717, 1.165) is 38.0 Å². The Labute approximate surface area is 149 Å². The number of aliphatic hydroxyl groups excluding tert-OH is 1. The molecule has 2 saturated heterocycles.